The molecule has 3 aromatic carbocycles. The first-order chi connectivity index (χ1) is 19.3. The van der Waals surface area contributed by atoms with E-state index in [9.17, 15) is 14.4 Å². The van der Waals surface area contributed by atoms with Gasteiger partial charge in [0.1, 0.15) is 18.9 Å². The molecule has 0 aromatic heterocycles. The smallest absolute Gasteiger partial charge is 0.294 e. The summed E-state index contributed by atoms with van der Waals surface area (Å²) in [5.74, 6) is -0.0260. The molecule has 0 saturated carbocycles. The van der Waals surface area contributed by atoms with Gasteiger partial charge in [-0.3, -0.25) is 19.3 Å². The van der Waals surface area contributed by atoms with Crippen molar-refractivity contribution in [1.29, 1.82) is 0 Å². The molecule has 11 heteroatoms. The predicted octanol–water partition coefficient (Wildman–Crippen LogP) is 6.56. The molecule has 0 atom stereocenters. The summed E-state index contributed by atoms with van der Waals surface area (Å²) in [4.78, 5) is 43.9. The van der Waals surface area contributed by atoms with Crippen LogP contribution in [-0.2, 0) is 16.2 Å². The highest BCUT2D eigenvalue weighted by Gasteiger charge is 2.37. The molecule has 0 aliphatic carbocycles. The van der Waals surface area contributed by atoms with Gasteiger partial charge in [0.15, 0.2) is 0 Å². The van der Waals surface area contributed by atoms with Gasteiger partial charge in [0.2, 0.25) is 5.91 Å². The number of carbonyl (C=O) groups is 3. The Labute approximate surface area is 260 Å². The summed E-state index contributed by atoms with van der Waals surface area (Å²) in [6.45, 7) is 2.49. The molecule has 5 rings (SSSR count). The summed E-state index contributed by atoms with van der Waals surface area (Å²) in [5.41, 5.74) is 2.67. The van der Waals surface area contributed by atoms with Crippen molar-refractivity contribution in [2.24, 2.45) is 0 Å². The third-order valence-corrected chi connectivity index (χ3v) is 8.91. The fraction of sp³-hybridized carbons (Fsp3) is 0.207. The highest BCUT2D eigenvalue weighted by Crippen LogP contribution is 2.33. The third kappa shape index (κ3) is 6.76. The first kappa shape index (κ1) is 28.8. The number of nitrogens with zero attached hydrogens (tertiary/aromatic N) is 3. The van der Waals surface area contributed by atoms with E-state index in [0.717, 1.165) is 37.0 Å². The number of hydrogen-bond donors (Lipinski definition) is 0. The second kappa shape index (κ2) is 12.8. The van der Waals surface area contributed by atoms with Gasteiger partial charge in [-0.15, -0.1) is 0 Å². The lowest BCUT2D eigenvalue weighted by Gasteiger charge is -2.36. The first-order valence-corrected chi connectivity index (χ1v) is 15.1. The minimum atomic E-state index is -0.459. The Morgan fingerprint density at radius 3 is 2.42 bits per heavy atom. The summed E-state index contributed by atoms with van der Waals surface area (Å²) in [7, 11) is 0. The highest BCUT2D eigenvalue weighted by atomic mass is 127. The Morgan fingerprint density at radius 2 is 1.73 bits per heavy atom. The topological polar surface area (TPSA) is 70.2 Å². The van der Waals surface area contributed by atoms with Crippen LogP contribution in [0.25, 0.3) is 6.08 Å². The maximum Gasteiger partial charge on any atom is 0.294 e. The zero-order valence-corrected chi connectivity index (χ0v) is 25.7. The molecular weight excluding hydrogens is 684 g/mol. The molecule has 2 saturated heterocycles. The molecule has 0 bridgehead atoms. The van der Waals surface area contributed by atoms with E-state index in [1.165, 1.54) is 0 Å². The summed E-state index contributed by atoms with van der Waals surface area (Å²) in [6.07, 6.45) is 1.66. The van der Waals surface area contributed by atoms with E-state index in [4.69, 9.17) is 27.9 Å². The lowest BCUT2D eigenvalue weighted by atomic mass is 10.2. The molecule has 3 amide bonds. The molecule has 0 radical (unpaired) electrons. The van der Waals surface area contributed by atoms with Crippen LogP contribution in [0.1, 0.15) is 11.1 Å². The number of hydrogen-bond acceptors (Lipinski definition) is 6. The second-order valence-corrected chi connectivity index (χ2v) is 12.2. The molecule has 2 fully saturated rings. The van der Waals surface area contributed by atoms with Crippen LogP contribution in [0.15, 0.2) is 71.6 Å². The molecule has 0 N–H and O–H groups in total. The second-order valence-electron chi connectivity index (χ2n) is 9.19. The van der Waals surface area contributed by atoms with Crippen molar-refractivity contribution in [3.05, 3.63) is 96.4 Å². The predicted molar refractivity (Wildman–Crippen MR) is 168 cm³/mol. The van der Waals surface area contributed by atoms with Crippen molar-refractivity contribution in [3.63, 3.8) is 0 Å². The average Bonchev–Trinajstić information content (AvgIpc) is 3.21. The summed E-state index contributed by atoms with van der Waals surface area (Å²) in [6, 6.07) is 20.8. The van der Waals surface area contributed by atoms with Crippen molar-refractivity contribution < 1.29 is 19.1 Å². The molecule has 2 aliphatic rings. The van der Waals surface area contributed by atoms with Crippen molar-refractivity contribution in [2.75, 3.05) is 37.6 Å². The van der Waals surface area contributed by atoms with Crippen LogP contribution in [0.2, 0.25) is 10.0 Å². The van der Waals surface area contributed by atoms with E-state index >= 15 is 0 Å². The van der Waals surface area contributed by atoms with Crippen molar-refractivity contribution in [3.8, 4) is 5.75 Å². The summed E-state index contributed by atoms with van der Waals surface area (Å²) < 4.78 is 6.76. The van der Waals surface area contributed by atoms with Gasteiger partial charge < -0.3 is 14.5 Å². The molecule has 0 unspecified atom stereocenters. The van der Waals surface area contributed by atoms with Crippen molar-refractivity contribution in [1.82, 2.24) is 9.80 Å². The number of para-hydroxylation sites is 1. The largest absolute Gasteiger partial charge is 0.488 e. The minimum absolute atomic E-state index is 0.229. The quantitative estimate of drug-likeness (QED) is 0.205. The van der Waals surface area contributed by atoms with E-state index in [1.54, 1.807) is 29.2 Å². The van der Waals surface area contributed by atoms with E-state index < -0.39 is 11.1 Å². The van der Waals surface area contributed by atoms with Crippen LogP contribution < -0.4 is 9.64 Å². The zero-order valence-electron chi connectivity index (χ0n) is 21.2. The maximum absolute atomic E-state index is 13.0. The minimum Gasteiger partial charge on any atom is -0.488 e. The van der Waals surface area contributed by atoms with Gasteiger partial charge in [0.25, 0.3) is 11.1 Å². The number of benzene rings is 3. The first-order valence-electron chi connectivity index (χ1n) is 12.5. The van der Waals surface area contributed by atoms with Gasteiger partial charge >= 0.3 is 0 Å². The summed E-state index contributed by atoms with van der Waals surface area (Å²) >= 11 is 15.2. The number of thioether (sulfide) groups is 1. The van der Waals surface area contributed by atoms with Gasteiger partial charge in [0.05, 0.1) is 8.48 Å². The number of imide groups is 1. The monoisotopic (exact) mass is 707 g/mol. The zero-order chi connectivity index (χ0) is 28.2. The van der Waals surface area contributed by atoms with Crippen molar-refractivity contribution in [2.45, 2.75) is 6.61 Å². The van der Waals surface area contributed by atoms with Crippen LogP contribution in [0.3, 0.4) is 0 Å². The molecule has 0 spiro atoms. The maximum atomic E-state index is 13.0. The van der Waals surface area contributed by atoms with Gasteiger partial charge in [-0.25, -0.2) is 0 Å². The normalized spacial score (nSPS) is 16.7. The lowest BCUT2D eigenvalue weighted by molar-refractivity contribution is -0.136. The summed E-state index contributed by atoms with van der Waals surface area (Å²) in [5, 5.41) is 0.646. The molecule has 206 valence electrons. The van der Waals surface area contributed by atoms with E-state index in [1.807, 2.05) is 48.5 Å². The van der Waals surface area contributed by atoms with Crippen LogP contribution in [0, 0.1) is 3.57 Å². The van der Waals surface area contributed by atoms with Gasteiger partial charge in [-0.2, -0.15) is 0 Å². The van der Waals surface area contributed by atoms with Crippen LogP contribution in [0.5, 0.6) is 5.75 Å². The Bertz CT molecular complexity index is 1480. The molecule has 2 aliphatic heterocycles. The van der Waals surface area contributed by atoms with Gasteiger partial charge in [0, 0.05) is 47.5 Å². The molecule has 40 heavy (non-hydrogen) atoms. The Balaban J connectivity index is 1.18. The number of halogens is 3. The van der Waals surface area contributed by atoms with Gasteiger partial charge in [-0.1, -0.05) is 53.5 Å². The molecular formula is C29H24Cl2IN3O4S. The van der Waals surface area contributed by atoms with E-state index in [0.29, 0.717) is 42.0 Å². The Morgan fingerprint density at radius 1 is 0.975 bits per heavy atom. The number of anilines is 1. The van der Waals surface area contributed by atoms with Gasteiger partial charge in [-0.05, 0) is 82.4 Å². The van der Waals surface area contributed by atoms with Crippen molar-refractivity contribution >= 4 is 86.4 Å². The van der Waals surface area contributed by atoms with E-state index in [-0.39, 0.29) is 24.0 Å². The average molecular weight is 708 g/mol. The number of amides is 3. The molecule has 3 aromatic rings. The molecule has 7 nitrogen and oxygen atoms in total. The number of piperazine rings is 1. The number of ether oxygens (including phenoxy) is 1. The van der Waals surface area contributed by atoms with E-state index in [2.05, 4.69) is 27.5 Å². The molecule has 2 heterocycles. The number of carbonyl (C=O) groups excluding carboxylic acids is 3. The lowest BCUT2D eigenvalue weighted by Crippen LogP contribution is -2.51. The standard InChI is InChI=1S/C29H24Cl2IN3O4S/c30-21-8-7-20(23(31)16-21)18-39-25-9-6-19(14-24(25)32)15-26-28(37)35(29(38)40-26)17-27(36)34-12-10-33(11-13-34)22-4-2-1-3-5-22/h1-9,14-16H,10-13,17-18H2/b26-15+. The Kier molecular flexibility index (Phi) is 9.24. The van der Waals surface area contributed by atoms with Crippen LogP contribution >= 0.6 is 57.6 Å². The highest BCUT2D eigenvalue weighted by molar-refractivity contribution is 14.1. The fourth-order valence-electron chi connectivity index (χ4n) is 4.39. The number of rotatable bonds is 7. The van der Waals surface area contributed by atoms with Crippen LogP contribution in [-0.4, -0.2) is 59.6 Å². The third-order valence-electron chi connectivity index (χ3n) is 6.57. The van der Waals surface area contributed by atoms with Crippen LogP contribution in [0.4, 0.5) is 10.5 Å². The Hall–Kier alpha value is -2.73. The fourth-order valence-corrected chi connectivity index (χ4v) is 6.39. The SMILES string of the molecule is O=C(CN1C(=O)S/C(=C/c2ccc(OCc3ccc(Cl)cc3Cl)c(I)c2)C1=O)N1CCN(c2ccccc2)CC1.